The molecule has 0 unspecified atom stereocenters. The number of hydrogen-bond donors (Lipinski definition) is 4. The highest BCUT2D eigenvalue weighted by Gasteiger charge is 2.64. The lowest BCUT2D eigenvalue weighted by atomic mass is 9.81. The number of alkyl halides is 2. The fourth-order valence-electron chi connectivity index (χ4n) is 4.79. The molecule has 8 nitrogen and oxygen atoms in total. The minimum Gasteiger partial charge on any atom is -0.508 e. The van der Waals surface area contributed by atoms with Crippen LogP contribution in [0, 0.1) is 17.8 Å². The number of aliphatic hydroxyl groups excluding tert-OH is 1. The molecule has 0 bridgehead atoms. The first-order chi connectivity index (χ1) is 18.5. The van der Waals surface area contributed by atoms with Gasteiger partial charge in [0.25, 0.3) is 17.7 Å². The fourth-order valence-corrected chi connectivity index (χ4v) is 4.79. The van der Waals surface area contributed by atoms with Crippen LogP contribution in [-0.2, 0) is 16.0 Å². The Bertz CT molecular complexity index is 1240. The number of benzene rings is 2. The largest absolute Gasteiger partial charge is 0.508 e. The molecule has 3 rings (SSSR count). The smallest absolute Gasteiger partial charge is 0.272 e. The van der Waals surface area contributed by atoms with Gasteiger partial charge in [-0.15, -0.1) is 0 Å². The van der Waals surface area contributed by atoms with Crippen LogP contribution >= 0.6 is 0 Å². The molecule has 40 heavy (non-hydrogen) atoms. The number of nitrogens with one attached hydrogen (secondary N) is 2. The highest BCUT2D eigenvalue weighted by Crippen LogP contribution is 2.48. The minimum atomic E-state index is -3.41. The number of amides is 3. The van der Waals surface area contributed by atoms with Crippen molar-refractivity contribution in [3.8, 4) is 5.75 Å². The maximum absolute atomic E-state index is 15.2. The van der Waals surface area contributed by atoms with E-state index in [1.165, 1.54) is 32.0 Å². The van der Waals surface area contributed by atoms with Gasteiger partial charge in [0.2, 0.25) is 5.91 Å². The van der Waals surface area contributed by atoms with E-state index < -0.39 is 53.8 Å². The van der Waals surface area contributed by atoms with Gasteiger partial charge >= 0.3 is 0 Å². The standard InChI is InChI=1S/C30H39F2N3O5/c1-18-20(13-10-14-22(18)36)25(38)34-21(15-19-11-8-7-9-12-19)23(37)27(40)35-17-30(31,32)29(5,6)24(35)26(39)33-16-28(2,3)4/h7-14,21,23-24,36-37H,15-17H2,1-6H3,(H,33,39)(H,34,38)/t21-,23-,24+/m0/s1. The second-order valence-corrected chi connectivity index (χ2v) is 12.2. The number of phenols is 1. The summed E-state index contributed by atoms with van der Waals surface area (Å²) < 4.78 is 30.4. The van der Waals surface area contributed by atoms with Crippen LogP contribution in [0.5, 0.6) is 5.75 Å². The summed E-state index contributed by atoms with van der Waals surface area (Å²) in [4.78, 5) is 40.8. The predicted octanol–water partition coefficient (Wildman–Crippen LogP) is 3.44. The lowest BCUT2D eigenvalue weighted by molar-refractivity contribution is -0.148. The van der Waals surface area contributed by atoms with Gasteiger partial charge in [0.1, 0.15) is 11.8 Å². The Morgan fingerprint density at radius 1 is 1.07 bits per heavy atom. The summed E-state index contributed by atoms with van der Waals surface area (Å²) in [6, 6.07) is 10.4. The van der Waals surface area contributed by atoms with E-state index in [2.05, 4.69) is 10.6 Å². The van der Waals surface area contributed by atoms with Crippen molar-refractivity contribution in [2.45, 2.75) is 72.1 Å². The number of aliphatic hydroxyl groups is 1. The number of halogens is 2. The zero-order chi connectivity index (χ0) is 30.0. The van der Waals surface area contributed by atoms with Crippen molar-refractivity contribution in [3.63, 3.8) is 0 Å². The molecular weight excluding hydrogens is 520 g/mol. The Hall–Kier alpha value is -3.53. The van der Waals surface area contributed by atoms with Crippen LogP contribution in [0.4, 0.5) is 8.78 Å². The Kier molecular flexibility index (Phi) is 8.93. The van der Waals surface area contributed by atoms with Gasteiger partial charge in [-0.3, -0.25) is 14.4 Å². The number of likely N-dealkylation sites (tertiary alicyclic amines) is 1. The number of carbonyl (C=O) groups is 3. The van der Waals surface area contributed by atoms with Crippen LogP contribution in [0.1, 0.15) is 56.1 Å². The van der Waals surface area contributed by atoms with Crippen LogP contribution in [0.15, 0.2) is 48.5 Å². The third-order valence-electron chi connectivity index (χ3n) is 7.43. The zero-order valence-electron chi connectivity index (χ0n) is 23.8. The van der Waals surface area contributed by atoms with E-state index in [4.69, 9.17) is 0 Å². The van der Waals surface area contributed by atoms with Gasteiger partial charge in [-0.2, -0.15) is 0 Å². The first-order valence-electron chi connectivity index (χ1n) is 13.2. The second-order valence-electron chi connectivity index (χ2n) is 12.2. The average molecular weight is 560 g/mol. The second kappa shape index (κ2) is 11.5. The molecule has 2 aromatic rings. The Morgan fingerprint density at radius 3 is 2.30 bits per heavy atom. The Labute approximate surface area is 233 Å². The number of nitrogens with zero attached hydrogens (tertiary/aromatic N) is 1. The third kappa shape index (κ3) is 6.60. The van der Waals surface area contributed by atoms with E-state index in [9.17, 15) is 24.6 Å². The number of rotatable bonds is 8. The monoisotopic (exact) mass is 559 g/mol. The van der Waals surface area contributed by atoms with Gasteiger partial charge in [-0.1, -0.05) is 71.0 Å². The number of hydrogen-bond acceptors (Lipinski definition) is 5. The molecule has 0 radical (unpaired) electrons. The molecular formula is C30H39F2N3O5. The Morgan fingerprint density at radius 2 is 1.70 bits per heavy atom. The molecule has 1 saturated heterocycles. The van der Waals surface area contributed by atoms with Crippen molar-refractivity contribution < 1.29 is 33.4 Å². The molecule has 1 heterocycles. The van der Waals surface area contributed by atoms with Crippen molar-refractivity contribution in [1.82, 2.24) is 15.5 Å². The van der Waals surface area contributed by atoms with E-state index in [0.717, 1.165) is 4.90 Å². The molecule has 3 amide bonds. The normalized spacial score (nSPS) is 19.5. The molecule has 10 heteroatoms. The summed E-state index contributed by atoms with van der Waals surface area (Å²) in [7, 11) is 0. The molecule has 4 N–H and O–H groups in total. The minimum absolute atomic E-state index is 0.00582. The zero-order valence-corrected chi connectivity index (χ0v) is 23.8. The molecule has 218 valence electrons. The lowest BCUT2D eigenvalue weighted by Gasteiger charge is -2.35. The molecule has 1 aliphatic heterocycles. The van der Waals surface area contributed by atoms with E-state index in [1.807, 2.05) is 20.8 Å². The average Bonchev–Trinajstić information content (AvgIpc) is 3.06. The third-order valence-corrected chi connectivity index (χ3v) is 7.43. The molecule has 3 atom stereocenters. The molecule has 1 aliphatic rings. The van der Waals surface area contributed by atoms with Gasteiger partial charge in [-0.25, -0.2) is 8.78 Å². The van der Waals surface area contributed by atoms with Crippen LogP contribution in [0.3, 0.4) is 0 Å². The SMILES string of the molecule is Cc1c(O)cccc1C(=O)N[C@@H](Cc1ccccc1)[C@H](O)C(=O)N1CC(F)(F)C(C)(C)[C@H]1C(=O)NCC(C)(C)C. The van der Waals surface area contributed by atoms with Gasteiger partial charge in [0.15, 0.2) is 6.10 Å². The summed E-state index contributed by atoms with van der Waals surface area (Å²) in [6.07, 6.45) is -1.93. The molecule has 0 aromatic heterocycles. The number of carbonyl (C=O) groups excluding carboxylic acids is 3. The summed E-state index contributed by atoms with van der Waals surface area (Å²) in [5.41, 5.74) is -1.13. The van der Waals surface area contributed by atoms with Gasteiger partial charge in [-0.05, 0) is 36.5 Å². The van der Waals surface area contributed by atoms with E-state index in [1.54, 1.807) is 37.3 Å². The maximum atomic E-state index is 15.2. The maximum Gasteiger partial charge on any atom is 0.272 e. The summed E-state index contributed by atoms with van der Waals surface area (Å²) in [5.74, 6) is -6.00. The van der Waals surface area contributed by atoms with Crippen LogP contribution < -0.4 is 10.6 Å². The van der Waals surface area contributed by atoms with Crippen molar-refractivity contribution in [1.29, 1.82) is 0 Å². The summed E-state index contributed by atoms with van der Waals surface area (Å²) in [5, 5.41) is 26.6. The fraction of sp³-hybridized carbons (Fsp3) is 0.500. The van der Waals surface area contributed by atoms with Crippen LogP contribution in [-0.4, -0.2) is 70.0 Å². The predicted molar refractivity (Wildman–Crippen MR) is 147 cm³/mol. The van der Waals surface area contributed by atoms with Crippen LogP contribution in [0.25, 0.3) is 0 Å². The quantitative estimate of drug-likeness (QED) is 0.395. The first-order valence-corrected chi connectivity index (χ1v) is 13.2. The lowest BCUT2D eigenvalue weighted by Crippen LogP contribution is -2.58. The molecule has 2 aromatic carbocycles. The van der Waals surface area contributed by atoms with Crippen molar-refractivity contribution in [2.75, 3.05) is 13.1 Å². The van der Waals surface area contributed by atoms with Gasteiger partial charge in [0, 0.05) is 17.7 Å². The van der Waals surface area contributed by atoms with E-state index >= 15 is 8.78 Å². The van der Waals surface area contributed by atoms with Crippen molar-refractivity contribution in [3.05, 3.63) is 65.2 Å². The van der Waals surface area contributed by atoms with Crippen molar-refractivity contribution >= 4 is 17.7 Å². The summed E-state index contributed by atoms with van der Waals surface area (Å²) >= 11 is 0. The highest BCUT2D eigenvalue weighted by atomic mass is 19.3. The molecule has 0 spiro atoms. The van der Waals surface area contributed by atoms with Crippen molar-refractivity contribution in [2.24, 2.45) is 10.8 Å². The van der Waals surface area contributed by atoms with Crippen LogP contribution in [0.2, 0.25) is 0 Å². The van der Waals surface area contributed by atoms with E-state index in [0.29, 0.717) is 11.1 Å². The Balaban J connectivity index is 1.94. The molecule has 0 saturated carbocycles. The molecule has 0 aliphatic carbocycles. The molecule has 1 fully saturated rings. The van der Waals surface area contributed by atoms with Gasteiger partial charge < -0.3 is 25.7 Å². The van der Waals surface area contributed by atoms with Gasteiger partial charge in [0.05, 0.1) is 18.0 Å². The summed E-state index contributed by atoms with van der Waals surface area (Å²) in [6.45, 7) is 8.76. The topological polar surface area (TPSA) is 119 Å². The number of aromatic hydroxyl groups is 1. The highest BCUT2D eigenvalue weighted by molar-refractivity contribution is 5.97. The number of phenolic OH excluding ortho intramolecular Hbond substituents is 1. The first kappa shape index (κ1) is 31.0. The van der Waals surface area contributed by atoms with E-state index in [-0.39, 0.29) is 29.7 Å².